The Hall–Kier alpha value is -2.02. The Labute approximate surface area is 110 Å². The number of carboxylic acid groups (broad SMARTS) is 1. The first-order valence-electron chi connectivity index (χ1n) is 5.92. The monoisotopic (exact) mass is 268 g/mol. The van der Waals surface area contributed by atoms with Crippen LogP contribution in [0, 0.1) is 5.92 Å². The molecule has 0 aliphatic carbocycles. The van der Waals surface area contributed by atoms with E-state index in [1.807, 2.05) is 0 Å². The van der Waals surface area contributed by atoms with Gasteiger partial charge in [0.15, 0.2) is 0 Å². The van der Waals surface area contributed by atoms with Crippen LogP contribution in [0.15, 0.2) is 22.8 Å². The van der Waals surface area contributed by atoms with E-state index in [-0.39, 0.29) is 19.2 Å². The minimum atomic E-state index is -0.962. The summed E-state index contributed by atoms with van der Waals surface area (Å²) in [6.45, 7) is 0.670. The second kappa shape index (κ2) is 5.75. The molecule has 2 unspecified atom stereocenters. The van der Waals surface area contributed by atoms with Gasteiger partial charge in [-0.3, -0.25) is 4.79 Å². The highest BCUT2D eigenvalue weighted by atomic mass is 16.5. The Morgan fingerprint density at radius 3 is 2.95 bits per heavy atom. The van der Waals surface area contributed by atoms with Crippen LogP contribution in [0.2, 0.25) is 0 Å². The van der Waals surface area contributed by atoms with Crippen LogP contribution >= 0.6 is 0 Å². The van der Waals surface area contributed by atoms with Crippen LogP contribution in [0.25, 0.3) is 0 Å². The molecule has 1 aromatic heterocycles. The molecule has 1 saturated heterocycles. The summed E-state index contributed by atoms with van der Waals surface area (Å²) < 4.78 is 10.2. The van der Waals surface area contributed by atoms with Crippen LogP contribution in [0.4, 0.5) is 4.79 Å². The number of rotatable bonds is 4. The number of furan rings is 1. The van der Waals surface area contributed by atoms with Crippen LogP contribution < -0.4 is 5.32 Å². The Morgan fingerprint density at radius 2 is 2.32 bits per heavy atom. The van der Waals surface area contributed by atoms with Crippen molar-refractivity contribution in [3.63, 3.8) is 0 Å². The molecule has 2 heterocycles. The molecule has 0 spiro atoms. The highest BCUT2D eigenvalue weighted by Gasteiger charge is 2.35. The van der Waals surface area contributed by atoms with Crippen LogP contribution in [-0.2, 0) is 16.1 Å². The van der Waals surface area contributed by atoms with E-state index in [1.165, 1.54) is 11.2 Å². The minimum absolute atomic E-state index is 0.127. The first kappa shape index (κ1) is 13.4. The normalized spacial score (nSPS) is 22.2. The summed E-state index contributed by atoms with van der Waals surface area (Å²) in [6, 6.07) is 2.66. The highest BCUT2D eigenvalue weighted by molar-refractivity contribution is 5.77. The van der Waals surface area contributed by atoms with Crippen LogP contribution in [-0.4, -0.2) is 48.3 Å². The third kappa shape index (κ3) is 3.25. The number of carboxylic acids is 1. The zero-order valence-corrected chi connectivity index (χ0v) is 10.5. The average Bonchev–Trinajstić information content (AvgIpc) is 2.99. The van der Waals surface area contributed by atoms with E-state index < -0.39 is 17.9 Å². The molecule has 0 bridgehead atoms. The van der Waals surface area contributed by atoms with Gasteiger partial charge in [-0.15, -0.1) is 0 Å². The SMILES string of the molecule is CN(Cc1ccco1)C(=O)NC1COCC1C(=O)O. The number of nitrogens with zero attached hydrogens (tertiary/aromatic N) is 1. The lowest BCUT2D eigenvalue weighted by molar-refractivity contribution is -0.142. The molecule has 0 aromatic carbocycles. The Balaban J connectivity index is 1.88. The summed E-state index contributed by atoms with van der Waals surface area (Å²) in [6.07, 6.45) is 1.53. The first-order chi connectivity index (χ1) is 9.08. The lowest BCUT2D eigenvalue weighted by atomic mass is 10.0. The topological polar surface area (TPSA) is 92.0 Å². The number of ether oxygens (including phenoxy) is 1. The van der Waals surface area contributed by atoms with Gasteiger partial charge < -0.3 is 24.5 Å². The minimum Gasteiger partial charge on any atom is -0.481 e. The standard InChI is InChI=1S/C12H16N2O5/c1-14(5-8-3-2-4-19-8)12(17)13-10-7-18-6-9(10)11(15)16/h2-4,9-10H,5-7H2,1H3,(H,13,17)(H,15,16). The molecule has 0 radical (unpaired) electrons. The maximum absolute atomic E-state index is 11.9. The van der Waals surface area contributed by atoms with Gasteiger partial charge in [-0.2, -0.15) is 0 Å². The van der Waals surface area contributed by atoms with Gasteiger partial charge in [0, 0.05) is 7.05 Å². The van der Waals surface area contributed by atoms with Gasteiger partial charge in [-0.1, -0.05) is 0 Å². The van der Waals surface area contributed by atoms with Gasteiger partial charge in [0.25, 0.3) is 0 Å². The predicted molar refractivity (Wildman–Crippen MR) is 64.4 cm³/mol. The average molecular weight is 268 g/mol. The summed E-state index contributed by atoms with van der Waals surface area (Å²) in [5.74, 6) is -0.993. The second-order valence-corrected chi connectivity index (χ2v) is 4.47. The molecule has 2 rings (SSSR count). The number of carbonyl (C=O) groups is 2. The fourth-order valence-electron chi connectivity index (χ4n) is 1.92. The first-order valence-corrected chi connectivity index (χ1v) is 5.92. The Kier molecular flexibility index (Phi) is 4.06. The molecule has 104 valence electrons. The summed E-state index contributed by atoms with van der Waals surface area (Å²) in [4.78, 5) is 24.3. The van der Waals surface area contributed by atoms with Crippen molar-refractivity contribution < 1.29 is 23.8 Å². The number of nitrogens with one attached hydrogen (secondary N) is 1. The second-order valence-electron chi connectivity index (χ2n) is 4.47. The van der Waals surface area contributed by atoms with Crippen LogP contribution in [0.5, 0.6) is 0 Å². The zero-order valence-electron chi connectivity index (χ0n) is 10.5. The number of amides is 2. The molecule has 0 saturated carbocycles. The van der Waals surface area contributed by atoms with Crippen molar-refractivity contribution in [1.29, 1.82) is 0 Å². The van der Waals surface area contributed by atoms with Crippen molar-refractivity contribution in [3.05, 3.63) is 24.2 Å². The zero-order chi connectivity index (χ0) is 13.8. The van der Waals surface area contributed by atoms with E-state index >= 15 is 0 Å². The molecule has 1 fully saturated rings. The molecule has 1 aliphatic rings. The van der Waals surface area contributed by atoms with Crippen molar-refractivity contribution >= 4 is 12.0 Å². The maximum atomic E-state index is 11.9. The maximum Gasteiger partial charge on any atom is 0.317 e. The third-order valence-electron chi connectivity index (χ3n) is 3.03. The van der Waals surface area contributed by atoms with Crippen LogP contribution in [0.1, 0.15) is 5.76 Å². The highest BCUT2D eigenvalue weighted by Crippen LogP contribution is 2.14. The van der Waals surface area contributed by atoms with Gasteiger partial charge in [-0.05, 0) is 12.1 Å². The Bertz CT molecular complexity index is 445. The van der Waals surface area contributed by atoms with Gasteiger partial charge in [-0.25, -0.2) is 4.79 Å². The van der Waals surface area contributed by atoms with E-state index in [0.717, 1.165) is 0 Å². The van der Waals surface area contributed by atoms with E-state index in [9.17, 15) is 9.59 Å². The predicted octanol–water partition coefficient (Wildman–Crippen LogP) is 0.521. The summed E-state index contributed by atoms with van der Waals surface area (Å²) in [5.41, 5.74) is 0. The molecule has 1 aliphatic heterocycles. The van der Waals surface area contributed by atoms with Crippen molar-refractivity contribution in [2.45, 2.75) is 12.6 Å². The number of urea groups is 1. The molecular weight excluding hydrogens is 252 g/mol. The molecule has 2 amide bonds. The molecule has 2 N–H and O–H groups in total. The van der Waals surface area contributed by atoms with E-state index in [4.69, 9.17) is 14.3 Å². The summed E-state index contributed by atoms with van der Waals surface area (Å²) >= 11 is 0. The number of carbonyl (C=O) groups excluding carboxylic acids is 1. The number of hydrogen-bond donors (Lipinski definition) is 2. The molecular formula is C12H16N2O5. The fourth-order valence-corrected chi connectivity index (χ4v) is 1.92. The molecule has 7 heteroatoms. The molecule has 2 atom stereocenters. The van der Waals surface area contributed by atoms with Gasteiger partial charge in [0.1, 0.15) is 11.7 Å². The molecule has 19 heavy (non-hydrogen) atoms. The lowest BCUT2D eigenvalue weighted by Gasteiger charge is -2.21. The van der Waals surface area contributed by atoms with Crippen molar-refractivity contribution in [2.75, 3.05) is 20.3 Å². The Morgan fingerprint density at radius 1 is 1.53 bits per heavy atom. The van der Waals surface area contributed by atoms with Crippen molar-refractivity contribution in [2.24, 2.45) is 5.92 Å². The lowest BCUT2D eigenvalue weighted by Crippen LogP contribution is -2.47. The largest absolute Gasteiger partial charge is 0.481 e. The van der Waals surface area contributed by atoms with E-state index in [0.29, 0.717) is 12.3 Å². The van der Waals surface area contributed by atoms with E-state index in [1.54, 1.807) is 19.2 Å². The number of hydrogen-bond acceptors (Lipinski definition) is 4. The van der Waals surface area contributed by atoms with E-state index in [2.05, 4.69) is 5.32 Å². The summed E-state index contributed by atoms with van der Waals surface area (Å²) in [7, 11) is 1.61. The molecule has 7 nitrogen and oxygen atoms in total. The fraction of sp³-hybridized carbons (Fsp3) is 0.500. The van der Waals surface area contributed by atoms with Crippen molar-refractivity contribution in [1.82, 2.24) is 10.2 Å². The number of aliphatic carboxylic acids is 1. The van der Waals surface area contributed by atoms with Gasteiger partial charge in [0.2, 0.25) is 0 Å². The van der Waals surface area contributed by atoms with Crippen molar-refractivity contribution in [3.8, 4) is 0 Å². The molecule has 1 aromatic rings. The van der Waals surface area contributed by atoms with Gasteiger partial charge in [0.05, 0.1) is 32.1 Å². The quantitative estimate of drug-likeness (QED) is 0.830. The smallest absolute Gasteiger partial charge is 0.317 e. The third-order valence-corrected chi connectivity index (χ3v) is 3.03. The summed E-state index contributed by atoms with van der Waals surface area (Å²) in [5, 5.41) is 11.6. The van der Waals surface area contributed by atoms with Gasteiger partial charge >= 0.3 is 12.0 Å². The van der Waals surface area contributed by atoms with Crippen LogP contribution in [0.3, 0.4) is 0 Å².